The predicted octanol–water partition coefficient (Wildman–Crippen LogP) is 4.54. The van der Waals surface area contributed by atoms with Gasteiger partial charge in [-0.25, -0.2) is 15.0 Å². The fourth-order valence-corrected chi connectivity index (χ4v) is 11.5. The van der Waals surface area contributed by atoms with Gasteiger partial charge in [0.2, 0.25) is 5.91 Å². The molecule has 2 aromatic rings. The number of ether oxygens (including phenoxy) is 1. The number of nitrogens with one attached hydrogen (secondary N) is 1. The number of rotatable bonds is 10. The lowest BCUT2D eigenvalue weighted by Gasteiger charge is -2.61. The summed E-state index contributed by atoms with van der Waals surface area (Å²) in [7, 11) is 1.98. The van der Waals surface area contributed by atoms with Gasteiger partial charge in [-0.3, -0.25) is 19.3 Å². The van der Waals surface area contributed by atoms with Crippen LogP contribution in [0.4, 0.5) is 5.82 Å². The Bertz CT molecular complexity index is 1760. The number of hydrogen-bond acceptors (Lipinski definition) is 11. The van der Waals surface area contributed by atoms with Crippen LogP contribution in [0.25, 0.3) is 11.2 Å². The molecule has 0 aromatic carbocycles. The summed E-state index contributed by atoms with van der Waals surface area (Å²) in [6.45, 7) is 19.7. The molecule has 4 heterocycles. The molecule has 10 atom stereocenters. The molecule has 5 aliphatic rings. The van der Waals surface area contributed by atoms with Gasteiger partial charge in [-0.1, -0.05) is 33.8 Å². The Morgan fingerprint density at radius 3 is 2.55 bits per heavy atom. The van der Waals surface area contributed by atoms with Gasteiger partial charge in [-0.15, -0.1) is 31.4 Å². The number of halogens is 2. The third-order valence-corrected chi connectivity index (χ3v) is 15.0. The molecule has 56 heavy (non-hydrogen) atoms. The molecule has 1 amide bonds. The number of ketones is 1. The average Bonchev–Trinajstić information content (AvgIpc) is 3.89. The van der Waals surface area contributed by atoms with Crippen molar-refractivity contribution in [1.29, 1.82) is 0 Å². The van der Waals surface area contributed by atoms with Gasteiger partial charge in [0, 0.05) is 74.9 Å². The van der Waals surface area contributed by atoms with Crippen LogP contribution in [0.3, 0.4) is 0 Å². The van der Waals surface area contributed by atoms with E-state index in [0.29, 0.717) is 51.4 Å². The lowest BCUT2D eigenvalue weighted by Crippen LogP contribution is -2.63. The normalized spacial score (nSPS) is 35.9. The molecule has 7 rings (SSSR count). The van der Waals surface area contributed by atoms with E-state index in [-0.39, 0.29) is 78.2 Å². The second-order valence-electron chi connectivity index (χ2n) is 18.0. The highest BCUT2D eigenvalue weighted by Gasteiger charge is 2.68. The van der Waals surface area contributed by atoms with E-state index in [1.807, 2.05) is 36.4 Å². The van der Waals surface area contributed by atoms with Gasteiger partial charge in [0.1, 0.15) is 18.2 Å². The first-order valence-electron chi connectivity index (χ1n) is 20.4. The van der Waals surface area contributed by atoms with Crippen LogP contribution in [0.2, 0.25) is 0 Å². The van der Waals surface area contributed by atoms with Gasteiger partial charge in [0.25, 0.3) is 0 Å². The molecule has 3 saturated carbocycles. The highest BCUT2D eigenvalue weighted by Crippen LogP contribution is 2.68. The molecule has 2 N–H and O–H groups in total. The molecule has 2 saturated heterocycles. The number of Topliss-reactive ketones (excluding diaryl/α,β-unsaturated/α-hetero) is 1. The first kappa shape index (κ1) is 44.3. The number of aryl methyl sites for hydroxylation is 1. The quantitative estimate of drug-likeness (QED) is 0.258. The Balaban J connectivity index is 0.00000300. The number of carbonyl (C=O) groups is 3. The van der Waals surface area contributed by atoms with Crippen molar-refractivity contribution in [3.05, 3.63) is 25.3 Å². The number of anilines is 1. The monoisotopic (exact) mass is 818 g/mol. The van der Waals surface area contributed by atoms with Crippen molar-refractivity contribution in [1.82, 2.24) is 34.6 Å². The largest absolute Gasteiger partial charge is 0.461 e. The minimum Gasteiger partial charge on any atom is -0.461 e. The van der Waals surface area contributed by atoms with E-state index >= 15 is 0 Å². The number of nitrogens with zero attached hydrogens (tertiary/aromatic N) is 7. The van der Waals surface area contributed by atoms with E-state index in [1.54, 1.807) is 12.7 Å². The molecule has 2 bridgehead atoms. The minimum atomic E-state index is -0.696. The molecule has 15 heteroatoms. The second kappa shape index (κ2) is 17.2. The summed E-state index contributed by atoms with van der Waals surface area (Å²) in [5.74, 6) is 1.27. The van der Waals surface area contributed by atoms with Gasteiger partial charge in [0.05, 0.1) is 19.0 Å². The zero-order valence-electron chi connectivity index (χ0n) is 34.1. The van der Waals surface area contributed by atoms with Crippen LogP contribution in [0, 0.1) is 39.9 Å². The Labute approximate surface area is 344 Å². The van der Waals surface area contributed by atoms with Crippen molar-refractivity contribution in [2.75, 3.05) is 57.8 Å². The van der Waals surface area contributed by atoms with Gasteiger partial charge >= 0.3 is 5.97 Å². The number of aliphatic hydroxyl groups is 1. The maximum absolute atomic E-state index is 13.9. The van der Waals surface area contributed by atoms with Crippen molar-refractivity contribution >= 4 is 59.5 Å². The maximum Gasteiger partial charge on any atom is 0.320 e. The zero-order chi connectivity index (χ0) is 38.6. The number of carbonyl (C=O) groups excluding carboxylic acids is 3. The van der Waals surface area contributed by atoms with Crippen molar-refractivity contribution in [2.24, 2.45) is 39.9 Å². The Morgan fingerprint density at radius 2 is 1.84 bits per heavy atom. The van der Waals surface area contributed by atoms with E-state index in [0.717, 1.165) is 62.3 Å². The molecular weight excluding hydrogens is 755 g/mol. The highest BCUT2D eigenvalue weighted by atomic mass is 35.5. The first-order valence-corrected chi connectivity index (χ1v) is 20.4. The lowest BCUT2D eigenvalue weighted by atomic mass is 9.44. The Kier molecular flexibility index (Phi) is 13.6. The molecule has 13 nitrogen and oxygen atoms in total. The molecule has 5 fully saturated rings. The maximum atomic E-state index is 13.9. The second-order valence-corrected chi connectivity index (χ2v) is 18.0. The van der Waals surface area contributed by atoms with E-state index in [4.69, 9.17) is 4.74 Å². The minimum absolute atomic E-state index is 0. The Hall–Kier alpha value is -2.84. The molecule has 0 unspecified atom stereocenters. The number of fused-ring (bicyclic) bond motifs is 1. The van der Waals surface area contributed by atoms with Crippen molar-refractivity contribution in [3.63, 3.8) is 0 Å². The summed E-state index contributed by atoms with van der Waals surface area (Å²) in [5, 5.41) is 15.1. The van der Waals surface area contributed by atoms with Crippen molar-refractivity contribution in [3.8, 4) is 0 Å². The summed E-state index contributed by atoms with van der Waals surface area (Å²) >= 11 is 0. The molecule has 2 aliphatic heterocycles. The summed E-state index contributed by atoms with van der Waals surface area (Å²) < 4.78 is 8.45. The van der Waals surface area contributed by atoms with Crippen LogP contribution in [-0.4, -0.2) is 123 Å². The van der Waals surface area contributed by atoms with Crippen molar-refractivity contribution < 1.29 is 24.2 Å². The number of piperazine rings is 1. The highest BCUT2D eigenvalue weighted by molar-refractivity contribution is 5.86. The molecule has 0 spiro atoms. The van der Waals surface area contributed by atoms with E-state index in [9.17, 15) is 19.5 Å². The molecule has 3 aliphatic carbocycles. The third-order valence-electron chi connectivity index (χ3n) is 15.0. The predicted molar refractivity (Wildman–Crippen MR) is 221 cm³/mol. The zero-order valence-corrected chi connectivity index (χ0v) is 35.7. The van der Waals surface area contributed by atoms with Crippen LogP contribution in [-0.2, 0) is 25.7 Å². The van der Waals surface area contributed by atoms with Crippen molar-refractivity contribution in [2.45, 2.75) is 104 Å². The van der Waals surface area contributed by atoms with Crippen LogP contribution in [0.1, 0.15) is 79.6 Å². The fraction of sp³-hybridized carbons (Fsp3) is 0.756. The summed E-state index contributed by atoms with van der Waals surface area (Å²) in [4.78, 5) is 61.2. The number of amides is 1. The number of aliphatic hydroxyl groups excluding tert-OH is 1. The van der Waals surface area contributed by atoms with Crippen LogP contribution < -0.4 is 10.2 Å². The van der Waals surface area contributed by atoms with Crippen LogP contribution >= 0.6 is 24.8 Å². The third kappa shape index (κ3) is 7.60. The fourth-order valence-electron chi connectivity index (χ4n) is 11.5. The smallest absolute Gasteiger partial charge is 0.320 e. The van der Waals surface area contributed by atoms with Gasteiger partial charge in [0.15, 0.2) is 17.0 Å². The number of esters is 1. The SMILES string of the molecule is C=C[C@]1(C)C[C@@H](OC(=O)CN2CCN(C(=O)CCn3cnc4c(N5CC[C@H](CNC)C5)ncnc43)[C@@H](C)C2)[C@]2(C)[C@H](C)CC[C@]3(CCC(=O)[C@@H]32)[C@@H](C)[C@@H]1O.Cl.Cl. The number of imidazole rings is 1. The number of hydrogen-bond donors (Lipinski definition) is 2. The summed E-state index contributed by atoms with van der Waals surface area (Å²) in [6, 6.07) is -0.0806. The van der Waals surface area contributed by atoms with Gasteiger partial charge < -0.3 is 29.5 Å². The molecule has 312 valence electrons. The van der Waals surface area contributed by atoms with Gasteiger partial charge in [-0.05, 0) is 75.8 Å². The van der Waals surface area contributed by atoms with E-state index in [2.05, 4.69) is 57.4 Å². The first-order chi connectivity index (χ1) is 25.8. The molecule has 2 aromatic heterocycles. The molecular formula is C41H64Cl2N8O5. The Morgan fingerprint density at radius 1 is 1.07 bits per heavy atom. The van der Waals surface area contributed by atoms with E-state index < -0.39 is 23.0 Å². The topological polar surface area (TPSA) is 146 Å². The standard InChI is InChI=1S/C41H62N8O5.2ClH/c1-8-39(5)19-31(40(6)26(2)9-13-41(28(4)36(39)53)14-10-30(50)35(40)41)54-33(52)23-46-17-18-49(27(3)21-46)32(51)12-16-48-25-45-34-37(43-24-44-38(34)48)47-15-11-29(22-47)20-42-7;;/h8,24-29,31,35-36,42,53H,1,9-23H2,2-7H3;2*1H/t26-,27+,28+,29-,31-,35-,36+,39-,40+,41+;;/m1../s1. The molecule has 0 radical (unpaired) electrons. The summed E-state index contributed by atoms with van der Waals surface area (Å²) in [5.41, 5.74) is -0.0197. The van der Waals surface area contributed by atoms with Crippen LogP contribution in [0.15, 0.2) is 25.3 Å². The number of aromatic nitrogens is 4. The van der Waals surface area contributed by atoms with E-state index in [1.165, 1.54) is 0 Å². The van der Waals surface area contributed by atoms with Gasteiger partial charge in [-0.2, -0.15) is 0 Å². The van der Waals surface area contributed by atoms with Crippen LogP contribution in [0.5, 0.6) is 0 Å². The summed E-state index contributed by atoms with van der Waals surface area (Å²) in [6.07, 6.45) is 8.92. The average molecular weight is 820 g/mol. The lowest BCUT2D eigenvalue weighted by molar-refractivity contribution is -0.207.